The van der Waals surface area contributed by atoms with E-state index in [0.717, 1.165) is 53.3 Å². The van der Waals surface area contributed by atoms with Crippen LogP contribution < -0.4 is 14.4 Å². The molecule has 3 rings (SSSR count). The van der Waals surface area contributed by atoms with Crippen molar-refractivity contribution in [3.63, 3.8) is 0 Å². The van der Waals surface area contributed by atoms with E-state index in [0.29, 0.717) is 24.7 Å². The number of aryl methyl sites for hydroxylation is 1. The molecular weight excluding hydrogens is 390 g/mol. The minimum absolute atomic E-state index is 0.596. The van der Waals surface area contributed by atoms with Crippen molar-refractivity contribution in [1.29, 1.82) is 0 Å². The van der Waals surface area contributed by atoms with Gasteiger partial charge in [-0.2, -0.15) is 0 Å². The van der Waals surface area contributed by atoms with Crippen LogP contribution in [0.3, 0.4) is 0 Å². The van der Waals surface area contributed by atoms with E-state index >= 15 is 0 Å². The van der Waals surface area contributed by atoms with Crippen molar-refractivity contribution in [3.8, 4) is 11.5 Å². The molecule has 6 heteroatoms. The topological polar surface area (TPSA) is 56.7 Å². The summed E-state index contributed by atoms with van der Waals surface area (Å²) in [5, 5.41) is 1.00. The van der Waals surface area contributed by atoms with E-state index in [-0.39, 0.29) is 0 Å². The molecule has 0 amide bonds. The Hall–Kier alpha value is -3.28. The number of benzene rings is 2. The molecule has 0 saturated carbocycles. The molecule has 0 aliphatic rings. The number of fused-ring (bicyclic) bond motifs is 1. The normalized spacial score (nSPS) is 10.7. The fourth-order valence-electron chi connectivity index (χ4n) is 3.42. The molecule has 0 aliphatic carbocycles. The molecule has 1 aromatic heterocycles. The Balaban J connectivity index is 1.75. The Bertz CT molecular complexity index is 1040. The maximum Gasteiger partial charge on any atom is 0.163 e. The zero-order valence-electron chi connectivity index (χ0n) is 18.9. The van der Waals surface area contributed by atoms with Crippen LogP contribution in [-0.2, 0) is 4.74 Å². The van der Waals surface area contributed by atoms with Gasteiger partial charge in [-0.15, -0.1) is 0 Å². The first kappa shape index (κ1) is 22.4. The van der Waals surface area contributed by atoms with Gasteiger partial charge in [0.25, 0.3) is 0 Å². The lowest BCUT2D eigenvalue weighted by Crippen LogP contribution is -2.13. The molecule has 3 aromatic rings. The van der Waals surface area contributed by atoms with Crippen molar-refractivity contribution in [2.24, 2.45) is 0 Å². The third kappa shape index (κ3) is 5.66. The molecule has 0 saturated heterocycles. The van der Waals surface area contributed by atoms with Gasteiger partial charge in [0, 0.05) is 30.6 Å². The Labute approximate surface area is 184 Å². The first-order valence-corrected chi connectivity index (χ1v) is 10.6. The van der Waals surface area contributed by atoms with Crippen LogP contribution in [0, 0.1) is 6.92 Å². The molecule has 0 N–H and O–H groups in total. The maximum absolute atomic E-state index is 6.05. The molecule has 0 atom stereocenters. The van der Waals surface area contributed by atoms with Gasteiger partial charge < -0.3 is 19.1 Å². The Morgan fingerprint density at radius 2 is 1.87 bits per heavy atom. The summed E-state index contributed by atoms with van der Waals surface area (Å²) in [4.78, 5) is 11.3. The standard InChI is InChI=1S/C25H31N3O3/c1-6-30-18(2)11-9-10-16-31-24-17-20(14-15-23(24)29-5)28(4)25-21-12-7-8-13-22(21)26-19(3)27-25/h7-8,12-15,17H,2,6,9-11,16H2,1,3-5H3. The number of nitrogens with zero attached hydrogens (tertiary/aromatic N) is 3. The van der Waals surface area contributed by atoms with E-state index in [1.165, 1.54) is 0 Å². The molecule has 0 fully saturated rings. The lowest BCUT2D eigenvalue weighted by atomic mass is 10.2. The number of para-hydroxylation sites is 1. The molecule has 0 spiro atoms. The van der Waals surface area contributed by atoms with Crippen LogP contribution in [0.2, 0.25) is 0 Å². The van der Waals surface area contributed by atoms with Crippen LogP contribution >= 0.6 is 0 Å². The molecule has 0 aliphatic heterocycles. The van der Waals surface area contributed by atoms with Crippen molar-refractivity contribution in [1.82, 2.24) is 9.97 Å². The van der Waals surface area contributed by atoms with E-state index in [1.807, 2.05) is 63.4 Å². The second kappa shape index (κ2) is 10.7. The minimum Gasteiger partial charge on any atom is -0.499 e. The van der Waals surface area contributed by atoms with Crippen LogP contribution in [0.5, 0.6) is 11.5 Å². The molecule has 164 valence electrons. The van der Waals surface area contributed by atoms with Gasteiger partial charge in [-0.1, -0.05) is 18.7 Å². The lowest BCUT2D eigenvalue weighted by Gasteiger charge is -2.22. The summed E-state index contributed by atoms with van der Waals surface area (Å²) in [6, 6.07) is 14.0. The first-order valence-electron chi connectivity index (χ1n) is 10.6. The molecule has 1 heterocycles. The van der Waals surface area contributed by atoms with E-state index in [9.17, 15) is 0 Å². The summed E-state index contributed by atoms with van der Waals surface area (Å²) in [7, 11) is 3.65. The van der Waals surface area contributed by atoms with E-state index in [1.54, 1.807) is 7.11 Å². The summed E-state index contributed by atoms with van der Waals surface area (Å²) in [5.74, 6) is 3.84. The van der Waals surface area contributed by atoms with Crippen LogP contribution in [0.1, 0.15) is 32.0 Å². The zero-order chi connectivity index (χ0) is 22.2. The summed E-state index contributed by atoms with van der Waals surface area (Å²) in [5.41, 5.74) is 1.89. The average molecular weight is 422 g/mol. The van der Waals surface area contributed by atoms with Crippen LogP contribution in [-0.4, -0.2) is 37.3 Å². The molecule has 2 aromatic carbocycles. The highest BCUT2D eigenvalue weighted by Crippen LogP contribution is 2.35. The number of hydrogen-bond donors (Lipinski definition) is 0. The largest absolute Gasteiger partial charge is 0.499 e. The fourth-order valence-corrected chi connectivity index (χ4v) is 3.42. The highest BCUT2D eigenvalue weighted by molar-refractivity contribution is 5.91. The van der Waals surface area contributed by atoms with Gasteiger partial charge in [0.1, 0.15) is 11.6 Å². The Morgan fingerprint density at radius 3 is 2.65 bits per heavy atom. The summed E-state index contributed by atoms with van der Waals surface area (Å²) < 4.78 is 16.9. The Morgan fingerprint density at radius 1 is 1.06 bits per heavy atom. The zero-order valence-corrected chi connectivity index (χ0v) is 18.9. The molecule has 31 heavy (non-hydrogen) atoms. The van der Waals surface area contributed by atoms with Gasteiger partial charge in [-0.05, 0) is 51.0 Å². The number of rotatable bonds is 11. The number of allylic oxidation sites excluding steroid dienone is 1. The molecule has 6 nitrogen and oxygen atoms in total. The monoisotopic (exact) mass is 421 g/mol. The fraction of sp³-hybridized carbons (Fsp3) is 0.360. The van der Waals surface area contributed by atoms with E-state index in [2.05, 4.69) is 16.5 Å². The quantitative estimate of drug-likeness (QED) is 0.287. The molecular formula is C25H31N3O3. The highest BCUT2D eigenvalue weighted by atomic mass is 16.5. The number of anilines is 2. The smallest absolute Gasteiger partial charge is 0.163 e. The van der Waals surface area contributed by atoms with Gasteiger partial charge in [0.05, 0.1) is 31.6 Å². The van der Waals surface area contributed by atoms with Crippen molar-refractivity contribution in [2.75, 3.05) is 32.3 Å². The van der Waals surface area contributed by atoms with Crippen LogP contribution in [0.15, 0.2) is 54.8 Å². The predicted octanol–water partition coefficient (Wildman–Crippen LogP) is 5.81. The van der Waals surface area contributed by atoms with Gasteiger partial charge in [0.15, 0.2) is 11.5 Å². The number of methoxy groups -OCH3 is 1. The van der Waals surface area contributed by atoms with Gasteiger partial charge in [-0.3, -0.25) is 0 Å². The molecule has 0 radical (unpaired) electrons. The van der Waals surface area contributed by atoms with E-state index in [4.69, 9.17) is 19.2 Å². The highest BCUT2D eigenvalue weighted by Gasteiger charge is 2.14. The van der Waals surface area contributed by atoms with Gasteiger partial charge in [0.2, 0.25) is 0 Å². The van der Waals surface area contributed by atoms with Gasteiger partial charge >= 0.3 is 0 Å². The number of unbranched alkanes of at least 4 members (excludes halogenated alkanes) is 1. The summed E-state index contributed by atoms with van der Waals surface area (Å²) in [6.07, 6.45) is 2.72. The first-order chi connectivity index (χ1) is 15.0. The minimum atomic E-state index is 0.596. The summed E-state index contributed by atoms with van der Waals surface area (Å²) in [6.45, 7) is 9.05. The number of aromatic nitrogens is 2. The van der Waals surface area contributed by atoms with Crippen LogP contribution in [0.25, 0.3) is 10.9 Å². The Kier molecular flexibility index (Phi) is 7.70. The summed E-state index contributed by atoms with van der Waals surface area (Å²) >= 11 is 0. The van der Waals surface area contributed by atoms with Crippen molar-refractivity contribution < 1.29 is 14.2 Å². The third-order valence-electron chi connectivity index (χ3n) is 5.00. The second-order valence-corrected chi connectivity index (χ2v) is 7.28. The number of ether oxygens (including phenoxy) is 3. The maximum atomic E-state index is 6.05. The van der Waals surface area contributed by atoms with Crippen molar-refractivity contribution in [2.45, 2.75) is 33.1 Å². The van der Waals surface area contributed by atoms with E-state index < -0.39 is 0 Å². The van der Waals surface area contributed by atoms with Crippen LogP contribution in [0.4, 0.5) is 11.5 Å². The lowest BCUT2D eigenvalue weighted by molar-refractivity contribution is 0.215. The second-order valence-electron chi connectivity index (χ2n) is 7.28. The van der Waals surface area contributed by atoms with Crippen molar-refractivity contribution >= 4 is 22.4 Å². The average Bonchev–Trinajstić information content (AvgIpc) is 2.77. The molecule has 0 bridgehead atoms. The van der Waals surface area contributed by atoms with Crippen molar-refractivity contribution in [3.05, 3.63) is 60.6 Å². The van der Waals surface area contributed by atoms with Gasteiger partial charge in [-0.25, -0.2) is 9.97 Å². The third-order valence-corrected chi connectivity index (χ3v) is 5.00. The predicted molar refractivity (Wildman–Crippen MR) is 125 cm³/mol. The number of hydrogen-bond acceptors (Lipinski definition) is 6. The SMILES string of the molecule is C=C(CCCCOc1cc(N(C)c2nc(C)nc3ccccc23)ccc1OC)OCC. The molecule has 0 unspecified atom stereocenters.